The molecule has 0 unspecified atom stereocenters. The molecule has 3 nitrogen and oxygen atoms in total. The molecule has 1 aromatic heterocycles. The van der Waals surface area contributed by atoms with E-state index in [0.717, 1.165) is 17.9 Å². The van der Waals surface area contributed by atoms with Crippen LogP contribution in [0.15, 0.2) is 48.8 Å². The number of pyridine rings is 1. The van der Waals surface area contributed by atoms with E-state index in [0.29, 0.717) is 6.61 Å². The lowest BCUT2D eigenvalue weighted by Crippen LogP contribution is -3.00. The average molecular weight is 280 g/mol. The Bertz CT molecular complexity index is 503. The summed E-state index contributed by atoms with van der Waals surface area (Å²) in [5.74, 6) is 0.822. The molecule has 1 N–H and O–H groups in total. The number of hydrogen-bond donors (Lipinski definition) is 1. The first-order valence-electron chi connectivity index (χ1n) is 6.07. The van der Waals surface area contributed by atoms with Gasteiger partial charge in [-0.05, 0) is 6.92 Å². The summed E-state index contributed by atoms with van der Waals surface area (Å²) >= 11 is 0. The number of benzene rings is 1. The second kappa shape index (κ2) is 7.77. The van der Waals surface area contributed by atoms with E-state index in [9.17, 15) is 0 Å². The molecule has 0 radical (unpaired) electrons. The molecule has 102 valence electrons. The summed E-state index contributed by atoms with van der Waals surface area (Å²) in [4.78, 5) is 0. The number of halogens is 1. The molecule has 2 aromatic rings. The molecule has 0 saturated carbocycles. The normalized spacial score (nSPS) is 9.79. The number of aliphatic hydroxyl groups excluding tert-OH is 1. The van der Waals surface area contributed by atoms with Crippen LogP contribution in [0.1, 0.15) is 11.1 Å². The van der Waals surface area contributed by atoms with Crippen molar-refractivity contribution in [2.24, 2.45) is 0 Å². The van der Waals surface area contributed by atoms with Crippen LogP contribution >= 0.6 is 0 Å². The van der Waals surface area contributed by atoms with Crippen molar-refractivity contribution in [1.82, 2.24) is 0 Å². The van der Waals surface area contributed by atoms with Gasteiger partial charge in [-0.15, -0.1) is 0 Å². The summed E-state index contributed by atoms with van der Waals surface area (Å²) in [6.07, 6.45) is 4.01. The van der Waals surface area contributed by atoms with Gasteiger partial charge < -0.3 is 22.3 Å². The van der Waals surface area contributed by atoms with Gasteiger partial charge in [0.2, 0.25) is 6.20 Å². The smallest absolute Gasteiger partial charge is 0.211 e. The third kappa shape index (κ3) is 4.54. The van der Waals surface area contributed by atoms with Crippen molar-refractivity contribution in [1.29, 1.82) is 0 Å². The van der Waals surface area contributed by atoms with E-state index in [1.54, 1.807) is 0 Å². The van der Waals surface area contributed by atoms with E-state index in [2.05, 4.69) is 16.7 Å². The maximum Gasteiger partial charge on any atom is 0.211 e. The molecule has 0 saturated heterocycles. The summed E-state index contributed by atoms with van der Waals surface area (Å²) in [7, 11) is 0. The molecule has 0 bridgehead atoms. The van der Waals surface area contributed by atoms with E-state index in [1.807, 2.05) is 43.6 Å². The van der Waals surface area contributed by atoms with Crippen molar-refractivity contribution in [2.45, 2.75) is 13.5 Å². The number of nitrogens with zero attached hydrogens (tertiary/aromatic N) is 1. The fraction of sp³-hybridized carbons (Fsp3) is 0.267. The first-order valence-corrected chi connectivity index (χ1v) is 6.07. The monoisotopic (exact) mass is 279 g/mol. The Balaban J connectivity index is 0.00000180. The number of aliphatic hydroxyl groups is 1. The van der Waals surface area contributed by atoms with Crippen molar-refractivity contribution in [3.63, 3.8) is 0 Å². The van der Waals surface area contributed by atoms with Gasteiger partial charge in [0, 0.05) is 17.2 Å². The quantitative estimate of drug-likeness (QED) is 0.691. The molecule has 0 spiro atoms. The van der Waals surface area contributed by atoms with E-state index >= 15 is 0 Å². The lowest BCUT2D eigenvalue weighted by Gasteiger charge is -2.06. The molecule has 19 heavy (non-hydrogen) atoms. The molecule has 1 heterocycles. The van der Waals surface area contributed by atoms with Gasteiger partial charge in [0.25, 0.3) is 0 Å². The number of rotatable bonds is 5. The third-order valence-corrected chi connectivity index (χ3v) is 2.74. The zero-order chi connectivity index (χ0) is 12.8. The Morgan fingerprint density at radius 3 is 2.58 bits per heavy atom. The Kier molecular flexibility index (Phi) is 6.33. The van der Waals surface area contributed by atoms with Crippen LogP contribution < -0.4 is 21.7 Å². The van der Waals surface area contributed by atoms with Crippen LogP contribution in [0.25, 0.3) is 0 Å². The number of ether oxygens (including phenoxy) is 1. The molecule has 0 fully saturated rings. The van der Waals surface area contributed by atoms with Gasteiger partial charge >= 0.3 is 0 Å². The maximum absolute atomic E-state index is 8.79. The molecular formula is C15H18ClNO2. The van der Waals surface area contributed by atoms with Crippen LogP contribution in [0.3, 0.4) is 0 Å². The van der Waals surface area contributed by atoms with E-state index in [-0.39, 0.29) is 19.0 Å². The van der Waals surface area contributed by atoms with Gasteiger partial charge in [-0.2, -0.15) is 4.57 Å². The van der Waals surface area contributed by atoms with Crippen molar-refractivity contribution in [2.75, 3.05) is 13.2 Å². The standard InChI is InChI=1S/C15H18NO2.ClH/c1-13-7-8-16(12-15(13)18-10-9-17)11-14-5-3-2-4-6-14;/h2-8,12,17H,9-11H2,1H3;1H/q+1;/p-1. The Morgan fingerprint density at radius 1 is 1.16 bits per heavy atom. The second-order valence-electron chi connectivity index (χ2n) is 4.22. The Morgan fingerprint density at radius 2 is 1.89 bits per heavy atom. The van der Waals surface area contributed by atoms with Gasteiger partial charge in [-0.3, -0.25) is 0 Å². The summed E-state index contributed by atoms with van der Waals surface area (Å²) in [6, 6.07) is 12.3. The fourth-order valence-corrected chi connectivity index (χ4v) is 1.78. The number of aromatic nitrogens is 1. The molecule has 1 aromatic carbocycles. The van der Waals surface area contributed by atoms with Gasteiger partial charge in [-0.25, -0.2) is 0 Å². The highest BCUT2D eigenvalue weighted by Crippen LogP contribution is 2.13. The topological polar surface area (TPSA) is 33.3 Å². The molecule has 2 rings (SSSR count). The molecule has 0 aliphatic carbocycles. The second-order valence-corrected chi connectivity index (χ2v) is 4.22. The highest BCUT2D eigenvalue weighted by atomic mass is 35.5. The summed E-state index contributed by atoms with van der Waals surface area (Å²) in [5, 5.41) is 8.79. The van der Waals surface area contributed by atoms with Crippen molar-refractivity contribution < 1.29 is 26.8 Å². The lowest BCUT2D eigenvalue weighted by molar-refractivity contribution is -0.688. The van der Waals surface area contributed by atoms with Crippen molar-refractivity contribution >= 4 is 0 Å². The Labute approximate surface area is 119 Å². The third-order valence-electron chi connectivity index (χ3n) is 2.74. The predicted molar refractivity (Wildman–Crippen MR) is 69.5 cm³/mol. The van der Waals surface area contributed by atoms with Crippen LogP contribution in [0.4, 0.5) is 0 Å². The highest BCUT2D eigenvalue weighted by Gasteiger charge is 2.08. The average Bonchev–Trinajstić information content (AvgIpc) is 2.40. The van der Waals surface area contributed by atoms with Crippen molar-refractivity contribution in [3.8, 4) is 5.75 Å². The largest absolute Gasteiger partial charge is 1.00 e. The molecule has 0 atom stereocenters. The zero-order valence-corrected chi connectivity index (χ0v) is 11.7. The van der Waals surface area contributed by atoms with Crippen molar-refractivity contribution in [3.05, 3.63) is 59.9 Å². The molecule has 0 aliphatic rings. The minimum atomic E-state index is 0. The van der Waals surface area contributed by atoms with E-state index < -0.39 is 0 Å². The zero-order valence-electron chi connectivity index (χ0n) is 10.9. The van der Waals surface area contributed by atoms with Gasteiger partial charge in [-0.1, -0.05) is 30.3 Å². The van der Waals surface area contributed by atoms with Gasteiger partial charge in [0.05, 0.1) is 6.61 Å². The molecule has 4 heteroatoms. The predicted octanol–water partition coefficient (Wildman–Crippen LogP) is -1.29. The van der Waals surface area contributed by atoms with Crippen LogP contribution in [0, 0.1) is 6.92 Å². The van der Waals surface area contributed by atoms with Crippen LogP contribution in [-0.4, -0.2) is 18.3 Å². The van der Waals surface area contributed by atoms with Gasteiger partial charge in [0.1, 0.15) is 6.61 Å². The number of hydrogen-bond acceptors (Lipinski definition) is 2. The molecular weight excluding hydrogens is 262 g/mol. The molecule has 0 aliphatic heterocycles. The summed E-state index contributed by atoms with van der Waals surface area (Å²) < 4.78 is 7.57. The maximum atomic E-state index is 8.79. The van der Waals surface area contributed by atoms with E-state index in [1.165, 1.54) is 5.56 Å². The first kappa shape index (κ1) is 15.5. The van der Waals surface area contributed by atoms with E-state index in [4.69, 9.17) is 9.84 Å². The highest BCUT2D eigenvalue weighted by molar-refractivity contribution is 5.26. The number of aryl methyl sites for hydroxylation is 1. The minimum Gasteiger partial charge on any atom is -1.00 e. The Hall–Kier alpha value is -1.58. The van der Waals surface area contributed by atoms with Gasteiger partial charge in [0.15, 0.2) is 18.5 Å². The van der Waals surface area contributed by atoms with Crippen LogP contribution in [0.2, 0.25) is 0 Å². The summed E-state index contributed by atoms with van der Waals surface area (Å²) in [5.41, 5.74) is 2.33. The summed E-state index contributed by atoms with van der Waals surface area (Å²) in [6.45, 7) is 3.18. The molecule has 0 amide bonds. The SMILES string of the molecule is Cc1cc[n+](Cc2ccccc2)cc1OCCO.[Cl-]. The fourth-order valence-electron chi connectivity index (χ4n) is 1.78. The van der Waals surface area contributed by atoms with Crippen LogP contribution in [0.5, 0.6) is 5.75 Å². The minimum absolute atomic E-state index is 0. The lowest BCUT2D eigenvalue weighted by atomic mass is 10.2. The first-order chi connectivity index (χ1) is 8.79. The van der Waals surface area contributed by atoms with Crippen LogP contribution in [-0.2, 0) is 6.54 Å².